The van der Waals surface area contributed by atoms with Gasteiger partial charge in [0.15, 0.2) is 0 Å². The minimum Gasteiger partial charge on any atom is -0.478 e. The first-order valence-corrected chi connectivity index (χ1v) is 6.93. The van der Waals surface area contributed by atoms with Gasteiger partial charge in [0.2, 0.25) is 0 Å². The zero-order valence-corrected chi connectivity index (χ0v) is 11.8. The van der Waals surface area contributed by atoms with Gasteiger partial charge in [-0.05, 0) is 31.0 Å². The Kier molecular flexibility index (Phi) is 4.16. The number of carboxylic acids is 1. The molecule has 0 amide bonds. The lowest BCUT2D eigenvalue weighted by atomic mass is 10.1. The molecule has 5 heteroatoms. The van der Waals surface area contributed by atoms with E-state index in [1.165, 1.54) is 0 Å². The third-order valence-electron chi connectivity index (χ3n) is 2.92. The molecule has 0 atom stereocenters. The molecule has 2 N–H and O–H groups in total. The van der Waals surface area contributed by atoms with Gasteiger partial charge in [0, 0.05) is 16.8 Å². The fourth-order valence-electron chi connectivity index (χ4n) is 1.83. The highest BCUT2D eigenvalue weighted by Gasteiger charge is 2.10. The number of hydrogen-bond acceptors (Lipinski definition) is 4. The second-order valence-corrected chi connectivity index (χ2v) is 5.41. The van der Waals surface area contributed by atoms with E-state index in [1.54, 1.807) is 23.5 Å². The van der Waals surface area contributed by atoms with Crippen LogP contribution in [0.3, 0.4) is 0 Å². The van der Waals surface area contributed by atoms with Crippen LogP contribution in [0.25, 0.3) is 0 Å². The van der Waals surface area contributed by atoms with Crippen LogP contribution in [-0.2, 0) is 13.0 Å². The average molecular weight is 276 g/mol. The van der Waals surface area contributed by atoms with Crippen molar-refractivity contribution >= 4 is 23.0 Å². The number of thiazole rings is 1. The van der Waals surface area contributed by atoms with E-state index < -0.39 is 5.97 Å². The molecule has 0 bridgehead atoms. The number of aryl methyl sites for hydroxylation is 1. The summed E-state index contributed by atoms with van der Waals surface area (Å²) < 4.78 is 0. The molecule has 2 rings (SSSR count). The normalized spacial score (nSPS) is 10.4. The molecule has 1 aromatic carbocycles. The van der Waals surface area contributed by atoms with E-state index >= 15 is 0 Å². The van der Waals surface area contributed by atoms with Crippen molar-refractivity contribution in [2.45, 2.75) is 26.8 Å². The monoisotopic (exact) mass is 276 g/mol. The number of hydrogen-bond donors (Lipinski definition) is 2. The smallest absolute Gasteiger partial charge is 0.336 e. The fraction of sp³-hybridized carbons (Fsp3) is 0.286. The molecule has 0 unspecified atom stereocenters. The van der Waals surface area contributed by atoms with Crippen LogP contribution in [0.2, 0.25) is 0 Å². The van der Waals surface area contributed by atoms with Crippen molar-refractivity contribution in [3.8, 4) is 0 Å². The quantitative estimate of drug-likeness (QED) is 0.879. The van der Waals surface area contributed by atoms with Gasteiger partial charge in [-0.25, -0.2) is 9.78 Å². The van der Waals surface area contributed by atoms with Gasteiger partial charge in [0.05, 0.1) is 17.1 Å². The van der Waals surface area contributed by atoms with Gasteiger partial charge < -0.3 is 10.4 Å². The van der Waals surface area contributed by atoms with E-state index in [4.69, 9.17) is 5.11 Å². The molecule has 0 aliphatic rings. The highest BCUT2D eigenvalue weighted by molar-refractivity contribution is 7.11. The van der Waals surface area contributed by atoms with E-state index in [0.29, 0.717) is 12.1 Å². The molecule has 0 saturated carbocycles. The van der Waals surface area contributed by atoms with Crippen LogP contribution >= 0.6 is 11.3 Å². The van der Waals surface area contributed by atoms with E-state index in [-0.39, 0.29) is 0 Å². The summed E-state index contributed by atoms with van der Waals surface area (Å²) in [6, 6.07) is 5.26. The van der Waals surface area contributed by atoms with Gasteiger partial charge in [-0.3, -0.25) is 0 Å². The molecule has 19 heavy (non-hydrogen) atoms. The number of rotatable bonds is 5. The molecule has 4 nitrogen and oxygen atoms in total. The van der Waals surface area contributed by atoms with Crippen molar-refractivity contribution in [1.29, 1.82) is 0 Å². The molecular weight excluding hydrogens is 260 g/mol. The average Bonchev–Trinajstić information content (AvgIpc) is 2.85. The maximum atomic E-state index is 11.1. The Bertz CT molecular complexity index is 593. The number of nitrogens with one attached hydrogen (secondary N) is 1. The number of aromatic carboxylic acids is 1. The van der Waals surface area contributed by atoms with Crippen LogP contribution in [0.1, 0.15) is 32.7 Å². The molecule has 1 heterocycles. The van der Waals surface area contributed by atoms with Crippen LogP contribution in [0.4, 0.5) is 5.69 Å². The molecule has 1 aromatic heterocycles. The lowest BCUT2D eigenvalue weighted by Gasteiger charge is -2.10. The summed E-state index contributed by atoms with van der Waals surface area (Å²) in [6.45, 7) is 4.56. The van der Waals surface area contributed by atoms with Crippen molar-refractivity contribution in [1.82, 2.24) is 4.98 Å². The van der Waals surface area contributed by atoms with E-state index in [9.17, 15) is 4.79 Å². The molecule has 0 aliphatic carbocycles. The standard InChI is InChI=1S/C14H16N2O2S/c1-3-13-16-8-10(19-13)7-15-12-6-4-5-11(9(12)2)14(17)18/h4-6,8,15H,3,7H2,1-2H3,(H,17,18). The summed E-state index contributed by atoms with van der Waals surface area (Å²) in [5.41, 5.74) is 1.95. The molecule has 0 aliphatic heterocycles. The van der Waals surface area contributed by atoms with Crippen LogP contribution in [-0.4, -0.2) is 16.1 Å². The third-order valence-corrected chi connectivity index (χ3v) is 4.06. The summed E-state index contributed by atoms with van der Waals surface area (Å²) in [4.78, 5) is 16.5. The zero-order valence-electron chi connectivity index (χ0n) is 10.9. The lowest BCUT2D eigenvalue weighted by Crippen LogP contribution is -2.05. The SMILES string of the molecule is CCc1ncc(CNc2cccc(C(=O)O)c2C)s1. The van der Waals surface area contributed by atoms with Crippen LogP contribution in [0.5, 0.6) is 0 Å². The Hall–Kier alpha value is -1.88. The van der Waals surface area contributed by atoms with Gasteiger partial charge in [-0.2, -0.15) is 0 Å². The van der Waals surface area contributed by atoms with Gasteiger partial charge in [-0.1, -0.05) is 13.0 Å². The van der Waals surface area contributed by atoms with Crippen molar-refractivity contribution < 1.29 is 9.90 Å². The maximum absolute atomic E-state index is 11.1. The Balaban J connectivity index is 2.11. The lowest BCUT2D eigenvalue weighted by molar-refractivity contribution is 0.0696. The highest BCUT2D eigenvalue weighted by Crippen LogP contribution is 2.21. The third kappa shape index (κ3) is 3.12. The Morgan fingerprint density at radius 2 is 2.26 bits per heavy atom. The first-order valence-electron chi connectivity index (χ1n) is 6.12. The van der Waals surface area contributed by atoms with Gasteiger partial charge in [0.25, 0.3) is 0 Å². The van der Waals surface area contributed by atoms with E-state index in [0.717, 1.165) is 27.6 Å². The highest BCUT2D eigenvalue weighted by atomic mass is 32.1. The van der Waals surface area contributed by atoms with Crippen molar-refractivity contribution in [3.63, 3.8) is 0 Å². The molecule has 0 saturated heterocycles. The first kappa shape index (κ1) is 13.5. The molecule has 0 radical (unpaired) electrons. The predicted molar refractivity (Wildman–Crippen MR) is 77.0 cm³/mol. The second kappa shape index (κ2) is 5.84. The number of anilines is 1. The van der Waals surface area contributed by atoms with Gasteiger partial charge >= 0.3 is 5.97 Å². The number of carboxylic acid groups (broad SMARTS) is 1. The minimum atomic E-state index is -0.896. The summed E-state index contributed by atoms with van der Waals surface area (Å²) in [7, 11) is 0. The largest absolute Gasteiger partial charge is 0.478 e. The van der Waals surface area contributed by atoms with Crippen molar-refractivity contribution in [3.05, 3.63) is 45.4 Å². The van der Waals surface area contributed by atoms with Crippen LogP contribution < -0.4 is 5.32 Å². The topological polar surface area (TPSA) is 62.2 Å². The Morgan fingerprint density at radius 3 is 2.89 bits per heavy atom. The number of aromatic nitrogens is 1. The summed E-state index contributed by atoms with van der Waals surface area (Å²) in [5.74, 6) is -0.896. The zero-order chi connectivity index (χ0) is 13.8. The summed E-state index contributed by atoms with van der Waals surface area (Å²) in [5, 5.41) is 13.5. The molecule has 100 valence electrons. The van der Waals surface area contributed by atoms with E-state index in [2.05, 4.69) is 17.2 Å². The minimum absolute atomic E-state index is 0.337. The van der Waals surface area contributed by atoms with Crippen molar-refractivity contribution in [2.75, 3.05) is 5.32 Å². The predicted octanol–water partition coefficient (Wildman–Crippen LogP) is 3.32. The maximum Gasteiger partial charge on any atom is 0.336 e. The van der Waals surface area contributed by atoms with Crippen LogP contribution in [0, 0.1) is 6.92 Å². The number of nitrogens with zero attached hydrogens (tertiary/aromatic N) is 1. The van der Waals surface area contributed by atoms with Crippen LogP contribution in [0.15, 0.2) is 24.4 Å². The molecule has 0 fully saturated rings. The number of carbonyl (C=O) groups is 1. The Labute approximate surface area is 116 Å². The number of benzene rings is 1. The Morgan fingerprint density at radius 1 is 1.47 bits per heavy atom. The molecule has 2 aromatic rings. The summed E-state index contributed by atoms with van der Waals surface area (Å²) >= 11 is 1.68. The first-order chi connectivity index (χ1) is 9.11. The second-order valence-electron chi connectivity index (χ2n) is 4.21. The molecular formula is C14H16N2O2S. The fourth-order valence-corrected chi connectivity index (χ4v) is 2.64. The summed E-state index contributed by atoms with van der Waals surface area (Å²) in [6.07, 6.45) is 2.81. The van der Waals surface area contributed by atoms with Crippen molar-refractivity contribution in [2.24, 2.45) is 0 Å². The van der Waals surface area contributed by atoms with Gasteiger partial charge in [0.1, 0.15) is 0 Å². The van der Waals surface area contributed by atoms with E-state index in [1.807, 2.05) is 19.2 Å². The molecule has 0 spiro atoms. The van der Waals surface area contributed by atoms with Gasteiger partial charge in [-0.15, -0.1) is 11.3 Å².